The molecule has 16 rings (SSSR count). The van der Waals surface area contributed by atoms with Crippen LogP contribution in [0.2, 0.25) is 0 Å². The molecule has 0 fully saturated rings. The lowest BCUT2D eigenvalue weighted by Crippen LogP contribution is -2.15. The van der Waals surface area contributed by atoms with Crippen molar-refractivity contribution < 1.29 is 0 Å². The van der Waals surface area contributed by atoms with Crippen molar-refractivity contribution in [1.29, 1.82) is 0 Å². The van der Waals surface area contributed by atoms with E-state index < -0.39 is 0 Å². The first-order valence-corrected chi connectivity index (χ1v) is 29.4. The monoisotopic (exact) mass is 1100 g/mol. The Morgan fingerprint density at radius 1 is 0.209 bits per heavy atom. The summed E-state index contributed by atoms with van der Waals surface area (Å²) in [5.41, 5.74) is 21.1. The molecule has 0 saturated carbocycles. The highest BCUT2D eigenvalue weighted by atomic mass is 15.0. The molecular weight excluding hydrogens is 1040 g/mol. The first-order valence-electron chi connectivity index (χ1n) is 29.4. The number of hydrogen-bond donors (Lipinski definition) is 0. The van der Waals surface area contributed by atoms with Gasteiger partial charge in [-0.25, -0.2) is 29.9 Å². The fraction of sp³-hybridized carbons (Fsp3) is 0.0750. The van der Waals surface area contributed by atoms with Gasteiger partial charge < -0.3 is 0 Å². The summed E-state index contributed by atoms with van der Waals surface area (Å²) in [6.07, 6.45) is 0. The third kappa shape index (κ3) is 9.06. The molecule has 2 aliphatic rings. The Morgan fingerprint density at radius 2 is 0.581 bits per heavy atom. The SMILES string of the molecule is CC1(C)c2cc3ccccc3cc2-c2c(-c3ccc(-c4nc(-c5ccccc5)nc(-c5ccccc5)n4)cc3)cccc21.CC1(C)c2ccccc2-c2c1cc1ccccc1c2-c1ccccc1-c1nc(-c2ccccc2)nc(-c2ccccc2)n1. The highest BCUT2D eigenvalue weighted by Gasteiger charge is 2.39. The predicted molar refractivity (Wildman–Crippen MR) is 353 cm³/mol. The predicted octanol–water partition coefficient (Wildman–Crippen LogP) is 20.0. The van der Waals surface area contributed by atoms with Crippen molar-refractivity contribution in [3.63, 3.8) is 0 Å². The van der Waals surface area contributed by atoms with E-state index >= 15 is 0 Å². The molecule has 0 N–H and O–H groups in total. The Morgan fingerprint density at radius 3 is 1.13 bits per heavy atom. The van der Waals surface area contributed by atoms with Crippen LogP contribution in [0.1, 0.15) is 49.9 Å². The Bertz CT molecular complexity index is 4790. The normalized spacial score (nSPS) is 13.1. The average molecular weight is 1100 g/mol. The second-order valence-corrected chi connectivity index (χ2v) is 23.4. The number of benzene rings is 12. The van der Waals surface area contributed by atoms with Crippen LogP contribution in [0.4, 0.5) is 0 Å². The lowest BCUT2D eigenvalue weighted by molar-refractivity contribution is 0.661. The Balaban J connectivity index is 0.000000145. The maximum Gasteiger partial charge on any atom is 0.164 e. The van der Waals surface area contributed by atoms with Crippen molar-refractivity contribution in [2.75, 3.05) is 0 Å². The Labute approximate surface area is 501 Å². The van der Waals surface area contributed by atoms with Crippen molar-refractivity contribution >= 4 is 21.5 Å². The molecule has 2 aliphatic carbocycles. The maximum absolute atomic E-state index is 5.11. The van der Waals surface area contributed by atoms with Crippen LogP contribution in [0.25, 0.3) is 134 Å². The van der Waals surface area contributed by atoms with E-state index in [0.717, 1.165) is 38.9 Å². The molecule has 86 heavy (non-hydrogen) atoms. The van der Waals surface area contributed by atoms with Gasteiger partial charge in [-0.15, -0.1) is 0 Å². The van der Waals surface area contributed by atoms with E-state index in [4.69, 9.17) is 29.9 Å². The van der Waals surface area contributed by atoms with Crippen LogP contribution in [0.15, 0.2) is 279 Å². The third-order valence-electron chi connectivity index (χ3n) is 17.4. The van der Waals surface area contributed by atoms with Gasteiger partial charge in [0.05, 0.1) is 0 Å². The van der Waals surface area contributed by atoms with Gasteiger partial charge in [-0.05, 0) is 107 Å². The topological polar surface area (TPSA) is 77.3 Å². The second-order valence-electron chi connectivity index (χ2n) is 23.4. The van der Waals surface area contributed by atoms with Gasteiger partial charge >= 0.3 is 0 Å². The highest BCUT2D eigenvalue weighted by Crippen LogP contribution is 2.56. The van der Waals surface area contributed by atoms with Gasteiger partial charge in [-0.2, -0.15) is 0 Å². The molecule has 0 saturated heterocycles. The van der Waals surface area contributed by atoms with E-state index in [9.17, 15) is 0 Å². The summed E-state index contributed by atoms with van der Waals surface area (Å²) in [5.74, 6) is 3.98. The van der Waals surface area contributed by atoms with E-state index in [1.807, 2.05) is 97.1 Å². The molecule has 0 radical (unpaired) electrons. The molecule has 0 amide bonds. The number of fused-ring (bicyclic) bond motifs is 8. The molecular formula is C80H58N6. The van der Waals surface area contributed by atoms with Crippen molar-refractivity contribution in [3.8, 4) is 113 Å². The zero-order valence-electron chi connectivity index (χ0n) is 48.2. The molecule has 0 unspecified atom stereocenters. The molecule has 0 aliphatic heterocycles. The summed E-state index contributed by atoms with van der Waals surface area (Å²) in [4.78, 5) is 29.8. The molecule has 6 heteroatoms. The van der Waals surface area contributed by atoms with Crippen molar-refractivity contribution in [1.82, 2.24) is 29.9 Å². The number of rotatable bonds is 8. The van der Waals surface area contributed by atoms with Crippen LogP contribution in [0, 0.1) is 0 Å². The largest absolute Gasteiger partial charge is 0.208 e. The summed E-state index contributed by atoms with van der Waals surface area (Å²) < 4.78 is 0. The maximum atomic E-state index is 5.11. The minimum absolute atomic E-state index is 0.0722. The van der Waals surface area contributed by atoms with Crippen LogP contribution < -0.4 is 0 Å². The van der Waals surface area contributed by atoms with E-state index in [1.54, 1.807) is 0 Å². The van der Waals surface area contributed by atoms with E-state index in [1.165, 1.54) is 82.7 Å². The molecule has 0 bridgehead atoms. The van der Waals surface area contributed by atoms with Gasteiger partial charge in [-0.3, -0.25) is 0 Å². The van der Waals surface area contributed by atoms with Crippen LogP contribution in [0.5, 0.6) is 0 Å². The van der Waals surface area contributed by atoms with Crippen LogP contribution in [0.3, 0.4) is 0 Å². The minimum Gasteiger partial charge on any atom is -0.208 e. The summed E-state index contributed by atoms with van der Waals surface area (Å²) >= 11 is 0. The molecule has 408 valence electrons. The molecule has 14 aromatic rings. The van der Waals surface area contributed by atoms with Crippen LogP contribution >= 0.6 is 0 Å². The zero-order valence-corrected chi connectivity index (χ0v) is 48.2. The second kappa shape index (κ2) is 21.1. The van der Waals surface area contributed by atoms with E-state index in [2.05, 4.69) is 210 Å². The average Bonchev–Trinajstić information content (AvgIpc) is 2.21. The van der Waals surface area contributed by atoms with Crippen molar-refractivity contribution in [3.05, 3.63) is 301 Å². The number of aromatic nitrogens is 6. The number of hydrogen-bond acceptors (Lipinski definition) is 6. The summed E-state index contributed by atoms with van der Waals surface area (Å²) in [5, 5.41) is 5.02. The van der Waals surface area contributed by atoms with Crippen LogP contribution in [-0.4, -0.2) is 29.9 Å². The Kier molecular flexibility index (Phi) is 12.8. The molecule has 0 atom stereocenters. The fourth-order valence-electron chi connectivity index (χ4n) is 13.1. The van der Waals surface area contributed by atoms with Gasteiger partial charge in [0.25, 0.3) is 0 Å². The third-order valence-corrected chi connectivity index (χ3v) is 17.4. The van der Waals surface area contributed by atoms with Crippen molar-refractivity contribution in [2.24, 2.45) is 0 Å². The van der Waals surface area contributed by atoms with Gasteiger partial charge in [0, 0.05) is 44.2 Å². The molecule has 6 nitrogen and oxygen atoms in total. The summed E-state index contributed by atoms with van der Waals surface area (Å²) in [6.45, 7) is 9.36. The quantitative estimate of drug-likeness (QED) is 0.151. The van der Waals surface area contributed by atoms with Crippen molar-refractivity contribution in [2.45, 2.75) is 38.5 Å². The standard InChI is InChI=1S/2C40H29N3/c1-40(2)33-24-14-13-23-32(33)36-34(40)25-28-19-9-10-20-29(28)35(36)30-21-11-12-22-31(30)39-42-37(26-15-5-3-6-16-26)41-38(43-39)27-17-7-4-8-18-27;1-40(2)34-19-11-18-32(36(34)33-24-30-16-9-10-17-31(30)25-35(33)40)26-20-22-29(23-21-26)39-42-37(27-12-5-3-6-13-27)41-38(43-39)28-14-7-4-8-15-28/h2*3-25H,1-2H3. The van der Waals surface area contributed by atoms with Crippen LogP contribution in [-0.2, 0) is 10.8 Å². The first-order chi connectivity index (χ1) is 42.2. The van der Waals surface area contributed by atoms with E-state index in [-0.39, 0.29) is 10.8 Å². The summed E-state index contributed by atoms with van der Waals surface area (Å²) in [6, 6.07) is 97.9. The lowest BCUT2D eigenvalue weighted by atomic mass is 9.80. The van der Waals surface area contributed by atoms with E-state index in [0.29, 0.717) is 34.9 Å². The Hall–Kier alpha value is -10.8. The van der Waals surface area contributed by atoms with Gasteiger partial charge in [0.2, 0.25) is 0 Å². The van der Waals surface area contributed by atoms with Gasteiger partial charge in [0.15, 0.2) is 34.9 Å². The smallest absolute Gasteiger partial charge is 0.164 e. The molecule has 0 spiro atoms. The molecule has 2 aromatic heterocycles. The van der Waals surface area contributed by atoms with Gasteiger partial charge in [0.1, 0.15) is 0 Å². The van der Waals surface area contributed by atoms with Gasteiger partial charge in [-0.1, -0.05) is 289 Å². The summed E-state index contributed by atoms with van der Waals surface area (Å²) in [7, 11) is 0. The fourth-order valence-corrected chi connectivity index (χ4v) is 13.1. The zero-order chi connectivity index (χ0) is 57.9. The molecule has 12 aromatic carbocycles. The minimum atomic E-state index is -0.117. The molecule has 2 heterocycles. The first kappa shape index (κ1) is 52.0. The number of nitrogens with zero attached hydrogens (tertiary/aromatic N) is 6. The lowest BCUT2D eigenvalue weighted by Gasteiger charge is -2.23. The highest BCUT2D eigenvalue weighted by molar-refractivity contribution is 6.10.